The van der Waals surface area contributed by atoms with E-state index in [1.807, 2.05) is 30.3 Å². The van der Waals surface area contributed by atoms with Gasteiger partial charge in [-0.2, -0.15) is 0 Å². The average molecular weight is 653 g/mol. The van der Waals surface area contributed by atoms with Crippen molar-refractivity contribution in [3.8, 4) is 0 Å². The molecule has 0 radical (unpaired) electrons. The van der Waals surface area contributed by atoms with Gasteiger partial charge in [-0.1, -0.05) is 119 Å². The van der Waals surface area contributed by atoms with Crippen LogP contribution in [0.4, 0.5) is 5.69 Å². The number of ketones is 1. The predicted octanol–water partition coefficient (Wildman–Crippen LogP) is 9.75. The summed E-state index contributed by atoms with van der Waals surface area (Å²) in [4.78, 5) is 17.3. The maximum atomic E-state index is 14.9. The van der Waals surface area contributed by atoms with Crippen LogP contribution in [0.1, 0.15) is 47.3 Å². The Morgan fingerprint density at radius 3 is 2.05 bits per heavy atom. The Hall–Kier alpha value is -3.21. The normalized spacial score (nSPS) is 23.5. The average Bonchev–Trinajstić information content (AvgIpc) is 3.17. The van der Waals surface area contributed by atoms with E-state index in [1.165, 1.54) is 11.3 Å². The molecule has 1 aliphatic carbocycles. The lowest BCUT2D eigenvalue weighted by Gasteiger charge is -2.53. The van der Waals surface area contributed by atoms with Crippen LogP contribution >= 0.6 is 31.9 Å². The summed E-state index contributed by atoms with van der Waals surface area (Å²) in [6.45, 7) is 4.60. The number of nitrogens with zero attached hydrogens (tertiary/aromatic N) is 1. The third-order valence-corrected chi connectivity index (χ3v) is 10.2. The first-order valence-electron chi connectivity index (χ1n) is 13.7. The number of allylic oxidation sites excluding steroid dienone is 2. The molecule has 2 aliphatic rings. The van der Waals surface area contributed by atoms with Crippen molar-refractivity contribution in [2.75, 3.05) is 11.9 Å². The summed E-state index contributed by atoms with van der Waals surface area (Å²) >= 11 is 7.16. The number of para-hydroxylation sites is 1. The number of carbonyl (C=O) groups is 1. The van der Waals surface area contributed by atoms with Crippen LogP contribution in [0.25, 0.3) is 11.1 Å². The van der Waals surface area contributed by atoms with Gasteiger partial charge in [0.25, 0.3) is 0 Å². The van der Waals surface area contributed by atoms with Gasteiger partial charge in [0.2, 0.25) is 0 Å². The smallest absolute Gasteiger partial charge is 0.173 e. The molecule has 200 valence electrons. The number of fused-ring (bicyclic) bond motifs is 1. The van der Waals surface area contributed by atoms with E-state index in [2.05, 4.69) is 143 Å². The van der Waals surface area contributed by atoms with E-state index >= 15 is 0 Å². The monoisotopic (exact) mass is 651 g/mol. The number of rotatable bonds is 5. The highest BCUT2D eigenvalue weighted by Crippen LogP contribution is 2.61. The van der Waals surface area contributed by atoms with Gasteiger partial charge >= 0.3 is 0 Å². The number of likely N-dealkylation sites (N-methyl/N-ethyl adjacent to an activating group) is 1. The molecule has 4 aromatic rings. The molecule has 4 aromatic carbocycles. The van der Waals surface area contributed by atoms with Crippen LogP contribution in [0.15, 0.2) is 124 Å². The standard InChI is InChI=1S/C36H31Br2NO/c1-4-35(2)31-12-8-9-13-32(31)39(3)36(35)23-27(24-14-18-28(37)19-15-24)22-30(25-10-6-5-7-11-25)33(36)34(40)26-16-20-29(38)21-17-26/h5-23,33H,4H2,1-3H3/t33-,35+,36-/m1/s1. The molecule has 1 spiro atoms. The number of Topliss-reactive ketones (excluding diaryl/α,β-unsaturated/α-hetero) is 1. The van der Waals surface area contributed by atoms with Gasteiger partial charge < -0.3 is 4.90 Å². The highest BCUT2D eigenvalue weighted by atomic mass is 79.9. The van der Waals surface area contributed by atoms with Crippen LogP contribution in [0, 0.1) is 5.92 Å². The lowest BCUT2D eigenvalue weighted by molar-refractivity contribution is 0.0877. The summed E-state index contributed by atoms with van der Waals surface area (Å²) < 4.78 is 2.00. The van der Waals surface area contributed by atoms with Crippen molar-refractivity contribution in [2.24, 2.45) is 5.92 Å². The molecule has 4 heteroatoms. The van der Waals surface area contributed by atoms with Crippen LogP contribution < -0.4 is 4.90 Å². The molecule has 0 bridgehead atoms. The molecule has 0 amide bonds. The van der Waals surface area contributed by atoms with Gasteiger partial charge in [-0.3, -0.25) is 4.79 Å². The number of hydrogen-bond acceptors (Lipinski definition) is 2. The Bertz CT molecular complexity index is 1640. The third-order valence-electron chi connectivity index (χ3n) is 9.12. The molecule has 0 fully saturated rings. The van der Waals surface area contributed by atoms with Gasteiger partial charge in [0.05, 0.1) is 11.5 Å². The topological polar surface area (TPSA) is 20.3 Å². The predicted molar refractivity (Wildman–Crippen MR) is 174 cm³/mol. The van der Waals surface area contributed by atoms with Gasteiger partial charge in [-0.05, 0) is 76.7 Å². The van der Waals surface area contributed by atoms with E-state index < -0.39 is 11.5 Å². The molecule has 0 saturated carbocycles. The molecule has 0 N–H and O–H groups in total. The summed E-state index contributed by atoms with van der Waals surface area (Å²) in [6.07, 6.45) is 5.52. The van der Waals surface area contributed by atoms with Crippen LogP contribution in [-0.2, 0) is 5.41 Å². The van der Waals surface area contributed by atoms with Crippen molar-refractivity contribution in [2.45, 2.75) is 31.2 Å². The Morgan fingerprint density at radius 1 is 0.800 bits per heavy atom. The molecule has 1 aliphatic heterocycles. The molecular formula is C36H31Br2NO. The van der Waals surface area contributed by atoms with Crippen molar-refractivity contribution >= 4 is 54.5 Å². The zero-order valence-corrected chi connectivity index (χ0v) is 26.0. The summed E-state index contributed by atoms with van der Waals surface area (Å²) in [5.74, 6) is -0.300. The third kappa shape index (κ3) is 4.07. The van der Waals surface area contributed by atoms with E-state index in [0.29, 0.717) is 0 Å². The minimum absolute atomic E-state index is 0.132. The van der Waals surface area contributed by atoms with Crippen LogP contribution in [0.3, 0.4) is 0 Å². The number of halogens is 2. The van der Waals surface area contributed by atoms with Crippen molar-refractivity contribution < 1.29 is 4.79 Å². The van der Waals surface area contributed by atoms with Crippen molar-refractivity contribution in [1.29, 1.82) is 0 Å². The van der Waals surface area contributed by atoms with E-state index in [-0.39, 0.29) is 11.2 Å². The van der Waals surface area contributed by atoms with Crippen molar-refractivity contribution in [1.82, 2.24) is 0 Å². The van der Waals surface area contributed by atoms with Crippen LogP contribution in [-0.4, -0.2) is 18.4 Å². The fourth-order valence-corrected chi connectivity index (χ4v) is 7.45. The lowest BCUT2D eigenvalue weighted by Crippen LogP contribution is -2.62. The second-order valence-electron chi connectivity index (χ2n) is 11.0. The van der Waals surface area contributed by atoms with Gasteiger partial charge in [0, 0.05) is 32.7 Å². The molecule has 1 heterocycles. The van der Waals surface area contributed by atoms with Crippen LogP contribution in [0.2, 0.25) is 0 Å². The molecule has 6 rings (SSSR count). The molecule has 40 heavy (non-hydrogen) atoms. The quantitative estimate of drug-likeness (QED) is 0.200. The minimum atomic E-state index is -0.641. The molecule has 2 nitrogen and oxygen atoms in total. The Balaban J connectivity index is 1.69. The van der Waals surface area contributed by atoms with E-state index in [0.717, 1.165) is 43.2 Å². The number of benzene rings is 4. The number of anilines is 1. The van der Waals surface area contributed by atoms with E-state index in [1.54, 1.807) is 0 Å². The summed E-state index contributed by atoms with van der Waals surface area (Å²) in [7, 11) is 2.17. The summed E-state index contributed by atoms with van der Waals surface area (Å²) in [6, 6.07) is 35.4. The molecule has 3 atom stereocenters. The zero-order valence-electron chi connectivity index (χ0n) is 22.9. The van der Waals surface area contributed by atoms with Crippen molar-refractivity contribution in [3.63, 3.8) is 0 Å². The summed E-state index contributed by atoms with van der Waals surface area (Å²) in [5, 5.41) is 0. The minimum Gasteiger partial charge on any atom is -0.363 e. The Labute approximate surface area is 253 Å². The Kier molecular flexibility index (Phi) is 6.96. The highest BCUT2D eigenvalue weighted by Gasteiger charge is 2.63. The molecule has 0 saturated heterocycles. The lowest BCUT2D eigenvalue weighted by atomic mass is 9.55. The van der Waals surface area contributed by atoms with E-state index in [9.17, 15) is 4.79 Å². The fraction of sp³-hybridized carbons (Fsp3) is 0.194. The molecular weight excluding hydrogens is 622 g/mol. The van der Waals surface area contributed by atoms with Gasteiger partial charge in [0.1, 0.15) is 0 Å². The van der Waals surface area contributed by atoms with Gasteiger partial charge in [0.15, 0.2) is 5.78 Å². The fourth-order valence-electron chi connectivity index (χ4n) is 6.92. The molecule has 0 unspecified atom stereocenters. The molecule has 0 aromatic heterocycles. The highest BCUT2D eigenvalue weighted by molar-refractivity contribution is 9.10. The summed E-state index contributed by atoms with van der Waals surface area (Å²) in [5.41, 5.74) is 6.60. The largest absolute Gasteiger partial charge is 0.363 e. The van der Waals surface area contributed by atoms with Gasteiger partial charge in [-0.25, -0.2) is 0 Å². The first-order valence-corrected chi connectivity index (χ1v) is 15.3. The number of hydrogen-bond donors (Lipinski definition) is 0. The SMILES string of the molecule is CC[C@@]1(C)c2ccccc2N(C)[C@@]12C=C(c1ccc(Br)cc1)C=C(c1ccccc1)[C@@H]2C(=O)c1ccc(Br)cc1. The second kappa shape index (κ2) is 10.3. The van der Waals surface area contributed by atoms with Crippen molar-refractivity contribution in [3.05, 3.63) is 146 Å². The number of carbonyl (C=O) groups excluding carboxylic acids is 1. The zero-order chi connectivity index (χ0) is 28.1. The first kappa shape index (κ1) is 27.0. The van der Waals surface area contributed by atoms with E-state index in [4.69, 9.17) is 0 Å². The van der Waals surface area contributed by atoms with Gasteiger partial charge in [-0.15, -0.1) is 0 Å². The van der Waals surface area contributed by atoms with Crippen LogP contribution in [0.5, 0.6) is 0 Å². The maximum absolute atomic E-state index is 14.9. The maximum Gasteiger partial charge on any atom is 0.173 e. The Morgan fingerprint density at radius 2 is 1.40 bits per heavy atom. The second-order valence-corrected chi connectivity index (χ2v) is 12.8. The first-order chi connectivity index (χ1) is 19.3.